The number of nitrogens with one attached hydrogen (secondary N) is 2. The Morgan fingerprint density at radius 2 is 1.06 bits per heavy atom. The molecule has 2 amide bonds. The maximum absolute atomic E-state index is 12.9. The molecular weight excluding hydrogens is 869 g/mol. The number of imidazole rings is 2. The molecule has 2 unspecified atom stereocenters. The monoisotopic (exact) mass is 941 g/mol. The first-order chi connectivity index (χ1) is 33.0. The van der Waals surface area contributed by atoms with Gasteiger partial charge in [0.05, 0.1) is 57.0 Å². The van der Waals surface area contributed by atoms with Gasteiger partial charge in [-0.1, -0.05) is 31.7 Å². The van der Waals surface area contributed by atoms with Gasteiger partial charge in [-0.15, -0.1) is 0 Å². The maximum atomic E-state index is 12.9. The highest BCUT2D eigenvalue weighted by Crippen LogP contribution is 2.43. The Balaban J connectivity index is 0.000000224. The van der Waals surface area contributed by atoms with Crippen LogP contribution in [0.5, 0.6) is 23.0 Å². The number of aromatic nitrogens is 4. The van der Waals surface area contributed by atoms with Crippen molar-refractivity contribution in [2.24, 2.45) is 0 Å². The lowest BCUT2D eigenvalue weighted by molar-refractivity contribution is 0.0765. The van der Waals surface area contributed by atoms with Crippen LogP contribution < -0.4 is 14.2 Å². The van der Waals surface area contributed by atoms with Crippen molar-refractivity contribution in [3.63, 3.8) is 0 Å². The van der Waals surface area contributed by atoms with Gasteiger partial charge in [0, 0.05) is 74.9 Å². The van der Waals surface area contributed by atoms with Gasteiger partial charge in [-0.25, -0.2) is 9.97 Å². The van der Waals surface area contributed by atoms with Crippen LogP contribution >= 0.6 is 0 Å². The molecule has 4 heterocycles. The Kier molecular flexibility index (Phi) is 17.7. The number of aryl methyl sites for hydroxylation is 2. The summed E-state index contributed by atoms with van der Waals surface area (Å²) in [6.45, 7) is 20.6. The van der Waals surface area contributed by atoms with Crippen LogP contribution in [-0.2, 0) is 25.9 Å². The summed E-state index contributed by atoms with van der Waals surface area (Å²) in [7, 11) is 3.25. The summed E-state index contributed by atoms with van der Waals surface area (Å²) in [5.41, 5.74) is 12.5. The molecule has 2 atom stereocenters. The summed E-state index contributed by atoms with van der Waals surface area (Å²) >= 11 is 0. The SMILES string of the molecule is C.CCN(CC)C(=O)c1ccc(C2c3cc(O)c(OC)cc3CCN2Cc2nc[nH]c2C)cc1.CCOc1cc2c(cc1OC)CCN(Cc1nc[nH]c1C)C2c1ccc(C(=O)N(CC)CC)cc1. The molecule has 69 heavy (non-hydrogen) atoms. The molecule has 0 fully saturated rings. The third kappa shape index (κ3) is 11.3. The second-order valence-electron chi connectivity index (χ2n) is 17.3. The highest BCUT2D eigenvalue weighted by atomic mass is 16.5. The number of carbonyl (C=O) groups excluding carboxylic acids is 2. The number of hydrogen-bond donors (Lipinski definition) is 3. The number of rotatable bonds is 16. The number of phenolic OH excluding ortho intramolecular Hbond substituents is 1. The Morgan fingerprint density at radius 1 is 0.638 bits per heavy atom. The van der Waals surface area contributed by atoms with E-state index in [2.05, 4.69) is 60.9 Å². The third-order valence-electron chi connectivity index (χ3n) is 13.4. The van der Waals surface area contributed by atoms with Crippen molar-refractivity contribution >= 4 is 11.8 Å². The molecule has 14 heteroatoms. The summed E-state index contributed by atoms with van der Waals surface area (Å²) in [5.74, 6) is 2.25. The number of aromatic hydroxyl groups is 1. The van der Waals surface area contributed by atoms with E-state index in [-0.39, 0.29) is 37.1 Å². The predicted octanol–water partition coefficient (Wildman–Crippen LogP) is 9.45. The molecule has 8 rings (SSSR count). The molecule has 368 valence electrons. The molecule has 3 N–H and O–H groups in total. The van der Waals surface area contributed by atoms with E-state index >= 15 is 0 Å². The van der Waals surface area contributed by atoms with E-state index in [4.69, 9.17) is 14.2 Å². The van der Waals surface area contributed by atoms with E-state index in [0.29, 0.717) is 56.2 Å². The topological polar surface area (TPSA) is 152 Å². The first kappa shape index (κ1) is 51.7. The average Bonchev–Trinajstić information content (AvgIpc) is 3.97. The first-order valence-electron chi connectivity index (χ1n) is 23.9. The van der Waals surface area contributed by atoms with Gasteiger partial charge in [0.1, 0.15) is 0 Å². The molecule has 2 aliphatic heterocycles. The van der Waals surface area contributed by atoms with Gasteiger partial charge < -0.3 is 39.1 Å². The third-order valence-corrected chi connectivity index (χ3v) is 13.4. The standard InChI is InChI=1S/C28H36N4O3.C26H32N4O3.CH4/c1-6-31(7-2)28(33)21-11-9-20(10-12-21)27-23-16-26(35-8-3)25(34-5)15-22(23)13-14-32(27)17-24-19(4)29-18-30-24;1-5-29(6-2)26(32)19-9-7-18(8-10-19)25-21-14-23(31)24(33-4)13-20(21)11-12-30(25)15-22-17(3)27-16-28-22;/h9-12,15-16,18,27H,6-8,13-14,17H2,1-5H3,(H,29,30);7-10,13-14,16,25,31H,5-6,11-12,15H2,1-4H3,(H,27,28);1H4. The number of ether oxygens (including phenoxy) is 3. The Labute approximate surface area is 408 Å². The van der Waals surface area contributed by atoms with Crippen molar-refractivity contribution in [3.05, 3.63) is 153 Å². The van der Waals surface area contributed by atoms with Crippen molar-refractivity contribution in [3.8, 4) is 23.0 Å². The highest BCUT2D eigenvalue weighted by Gasteiger charge is 2.33. The van der Waals surface area contributed by atoms with Gasteiger partial charge in [0.2, 0.25) is 0 Å². The Morgan fingerprint density at radius 3 is 1.43 bits per heavy atom. The van der Waals surface area contributed by atoms with E-state index < -0.39 is 0 Å². The average molecular weight is 941 g/mol. The Hall–Kier alpha value is -6.64. The number of nitrogens with zero attached hydrogens (tertiary/aromatic N) is 6. The largest absolute Gasteiger partial charge is 0.504 e. The lowest BCUT2D eigenvalue weighted by Crippen LogP contribution is -2.36. The summed E-state index contributed by atoms with van der Waals surface area (Å²) < 4.78 is 16.9. The van der Waals surface area contributed by atoms with Crippen LogP contribution in [0.3, 0.4) is 0 Å². The fraction of sp³-hybridized carbons (Fsp3) is 0.418. The summed E-state index contributed by atoms with van der Waals surface area (Å²) in [6.07, 6.45) is 5.24. The zero-order chi connectivity index (χ0) is 48.5. The van der Waals surface area contributed by atoms with Crippen molar-refractivity contribution in [1.29, 1.82) is 0 Å². The molecule has 0 aliphatic carbocycles. The molecule has 6 aromatic rings. The fourth-order valence-electron chi connectivity index (χ4n) is 9.56. The lowest BCUT2D eigenvalue weighted by atomic mass is 9.87. The van der Waals surface area contributed by atoms with Gasteiger partial charge in [-0.2, -0.15) is 0 Å². The molecule has 0 radical (unpaired) electrons. The molecule has 2 aliphatic rings. The van der Waals surface area contributed by atoms with Gasteiger partial charge in [-0.05, 0) is 143 Å². The smallest absolute Gasteiger partial charge is 0.253 e. The Bertz CT molecular complexity index is 2630. The zero-order valence-electron chi connectivity index (χ0n) is 41.2. The quantitative estimate of drug-likeness (QED) is 0.0856. The van der Waals surface area contributed by atoms with Crippen LogP contribution in [-0.4, -0.2) is 117 Å². The van der Waals surface area contributed by atoms with Gasteiger partial charge >= 0.3 is 0 Å². The van der Waals surface area contributed by atoms with Crippen LogP contribution in [0.15, 0.2) is 85.5 Å². The summed E-state index contributed by atoms with van der Waals surface area (Å²) in [4.78, 5) is 49.5. The molecule has 0 saturated heterocycles. The van der Waals surface area contributed by atoms with Crippen LogP contribution in [0.2, 0.25) is 0 Å². The van der Waals surface area contributed by atoms with Crippen LogP contribution in [0.25, 0.3) is 0 Å². The number of aromatic amines is 2. The van der Waals surface area contributed by atoms with Crippen LogP contribution in [0.1, 0.15) is 131 Å². The van der Waals surface area contributed by atoms with Crippen molar-refractivity contribution < 1.29 is 28.9 Å². The summed E-state index contributed by atoms with van der Waals surface area (Å²) in [5, 5.41) is 10.5. The molecule has 4 aromatic carbocycles. The fourth-order valence-corrected chi connectivity index (χ4v) is 9.56. The lowest BCUT2D eigenvalue weighted by Gasteiger charge is -2.38. The van der Waals surface area contributed by atoms with Crippen molar-refractivity contribution in [2.45, 2.75) is 93.9 Å². The molecule has 0 saturated carbocycles. The number of carbonyl (C=O) groups is 2. The van der Waals surface area contributed by atoms with Crippen LogP contribution in [0, 0.1) is 13.8 Å². The number of hydrogen-bond acceptors (Lipinski definition) is 10. The van der Waals surface area contributed by atoms with Gasteiger partial charge in [0.15, 0.2) is 23.0 Å². The van der Waals surface area contributed by atoms with Crippen molar-refractivity contribution in [2.75, 3.05) is 60.1 Å². The number of H-pyrrole nitrogens is 2. The number of phenols is 1. The minimum absolute atomic E-state index is 0. The molecule has 2 aromatic heterocycles. The van der Waals surface area contributed by atoms with E-state index in [0.717, 1.165) is 89.0 Å². The predicted molar refractivity (Wildman–Crippen MR) is 272 cm³/mol. The number of methoxy groups -OCH3 is 2. The normalized spacial score (nSPS) is 15.4. The van der Waals surface area contributed by atoms with E-state index in [1.165, 1.54) is 11.1 Å². The second kappa shape index (κ2) is 23.6. The maximum Gasteiger partial charge on any atom is 0.253 e. The number of fused-ring (bicyclic) bond motifs is 2. The van der Waals surface area contributed by atoms with Gasteiger partial charge in [-0.3, -0.25) is 19.4 Å². The molecule has 0 bridgehead atoms. The minimum atomic E-state index is -0.0701. The van der Waals surface area contributed by atoms with E-state index in [9.17, 15) is 14.7 Å². The molecular formula is C55H72N8O6. The zero-order valence-corrected chi connectivity index (χ0v) is 41.2. The second-order valence-corrected chi connectivity index (χ2v) is 17.3. The highest BCUT2D eigenvalue weighted by molar-refractivity contribution is 5.94. The molecule has 14 nitrogen and oxygen atoms in total. The molecule has 0 spiro atoms. The van der Waals surface area contributed by atoms with Gasteiger partial charge in [0.25, 0.3) is 11.8 Å². The van der Waals surface area contributed by atoms with E-state index in [1.807, 2.05) is 99.9 Å². The first-order valence-corrected chi connectivity index (χ1v) is 23.9. The summed E-state index contributed by atoms with van der Waals surface area (Å²) in [6, 6.07) is 23.9. The number of amides is 2. The van der Waals surface area contributed by atoms with Crippen molar-refractivity contribution in [1.82, 2.24) is 39.5 Å². The minimum Gasteiger partial charge on any atom is -0.504 e. The number of benzene rings is 4. The van der Waals surface area contributed by atoms with Crippen LogP contribution in [0.4, 0.5) is 0 Å². The van der Waals surface area contributed by atoms with E-state index in [1.54, 1.807) is 26.9 Å².